The molecule has 92 valence electrons. The number of carbonyl (C=O) groups excluding carboxylic acids is 1. The van der Waals surface area contributed by atoms with Gasteiger partial charge in [0.1, 0.15) is 6.04 Å². The number of carbonyl (C=O) groups is 1. The summed E-state index contributed by atoms with van der Waals surface area (Å²) in [4.78, 5) is 11.4. The van der Waals surface area contributed by atoms with Crippen LogP contribution in [0.1, 0.15) is 18.5 Å². The van der Waals surface area contributed by atoms with Crippen LogP contribution in [-0.2, 0) is 0 Å². The fourth-order valence-electron chi connectivity index (χ4n) is 1.37. The van der Waals surface area contributed by atoms with E-state index in [1.807, 2.05) is 18.2 Å². The topological polar surface area (TPSA) is 99.7 Å². The van der Waals surface area contributed by atoms with Crippen molar-refractivity contribution in [3.05, 3.63) is 35.9 Å². The molecule has 2 amide bonds. The molecule has 0 saturated carbocycles. The van der Waals surface area contributed by atoms with Crippen LogP contribution in [0.5, 0.6) is 0 Å². The van der Waals surface area contributed by atoms with Crippen LogP contribution in [0, 0.1) is 0 Å². The fraction of sp³-hybridized carbons (Fsp3) is 0.273. The molecule has 0 bridgehead atoms. The SMILES string of the molecule is CCNC(=O)NC(/C(N)=N/O)c1ccccc1. The van der Waals surface area contributed by atoms with E-state index in [2.05, 4.69) is 15.8 Å². The van der Waals surface area contributed by atoms with Gasteiger partial charge >= 0.3 is 6.03 Å². The van der Waals surface area contributed by atoms with E-state index in [1.165, 1.54) is 0 Å². The minimum atomic E-state index is -0.646. The van der Waals surface area contributed by atoms with Crippen molar-refractivity contribution in [2.24, 2.45) is 10.9 Å². The van der Waals surface area contributed by atoms with E-state index in [0.717, 1.165) is 5.56 Å². The number of hydrogen-bond donors (Lipinski definition) is 4. The Labute approximate surface area is 99.5 Å². The van der Waals surface area contributed by atoms with Gasteiger partial charge in [-0.1, -0.05) is 35.5 Å². The third kappa shape index (κ3) is 3.67. The number of nitrogens with two attached hydrogens (primary N) is 1. The molecule has 6 nitrogen and oxygen atoms in total. The molecule has 0 heterocycles. The third-order valence-corrected chi connectivity index (χ3v) is 2.16. The molecule has 1 rings (SSSR count). The predicted octanol–water partition coefficient (Wildman–Crippen LogP) is 0.793. The second kappa shape index (κ2) is 6.37. The lowest BCUT2D eigenvalue weighted by molar-refractivity contribution is 0.239. The average molecular weight is 236 g/mol. The van der Waals surface area contributed by atoms with Gasteiger partial charge in [-0.25, -0.2) is 4.79 Å². The minimum Gasteiger partial charge on any atom is -0.409 e. The van der Waals surface area contributed by atoms with Crippen LogP contribution in [0.25, 0.3) is 0 Å². The molecule has 0 aliphatic carbocycles. The van der Waals surface area contributed by atoms with Gasteiger partial charge in [0.15, 0.2) is 5.84 Å². The van der Waals surface area contributed by atoms with Gasteiger partial charge in [-0.05, 0) is 12.5 Å². The Kier molecular flexibility index (Phi) is 4.80. The smallest absolute Gasteiger partial charge is 0.315 e. The number of urea groups is 1. The fourth-order valence-corrected chi connectivity index (χ4v) is 1.37. The number of amidine groups is 1. The van der Waals surface area contributed by atoms with Gasteiger partial charge in [-0.2, -0.15) is 0 Å². The highest BCUT2D eigenvalue weighted by Gasteiger charge is 2.18. The summed E-state index contributed by atoms with van der Waals surface area (Å²) in [5, 5.41) is 16.8. The zero-order valence-electron chi connectivity index (χ0n) is 9.55. The maximum Gasteiger partial charge on any atom is 0.315 e. The molecule has 1 aromatic carbocycles. The molecule has 0 aromatic heterocycles. The van der Waals surface area contributed by atoms with Gasteiger partial charge in [0, 0.05) is 6.54 Å². The van der Waals surface area contributed by atoms with Gasteiger partial charge in [-0.15, -0.1) is 0 Å². The van der Waals surface area contributed by atoms with Crippen molar-refractivity contribution in [1.29, 1.82) is 0 Å². The van der Waals surface area contributed by atoms with Crippen molar-refractivity contribution in [2.45, 2.75) is 13.0 Å². The first kappa shape index (κ1) is 12.8. The molecule has 0 saturated heterocycles. The average Bonchev–Trinajstić information content (AvgIpc) is 2.36. The molecule has 6 heteroatoms. The molecule has 1 aromatic rings. The molecule has 0 aliphatic heterocycles. The predicted molar refractivity (Wildman–Crippen MR) is 64.8 cm³/mol. The van der Waals surface area contributed by atoms with Gasteiger partial charge in [0.25, 0.3) is 0 Å². The van der Waals surface area contributed by atoms with Crippen LogP contribution in [0.2, 0.25) is 0 Å². The lowest BCUT2D eigenvalue weighted by Crippen LogP contribution is -2.43. The van der Waals surface area contributed by atoms with Crippen LogP contribution in [0.4, 0.5) is 4.79 Å². The third-order valence-electron chi connectivity index (χ3n) is 2.16. The summed E-state index contributed by atoms with van der Waals surface area (Å²) in [6.45, 7) is 2.31. The van der Waals surface area contributed by atoms with Gasteiger partial charge in [0.05, 0.1) is 0 Å². The number of nitrogens with one attached hydrogen (secondary N) is 2. The van der Waals surface area contributed by atoms with E-state index in [9.17, 15) is 4.79 Å². The number of rotatable bonds is 4. The summed E-state index contributed by atoms with van der Waals surface area (Å²) < 4.78 is 0. The van der Waals surface area contributed by atoms with Crippen molar-refractivity contribution in [3.8, 4) is 0 Å². The maximum atomic E-state index is 11.4. The van der Waals surface area contributed by atoms with Gasteiger partial charge in [-0.3, -0.25) is 0 Å². The Morgan fingerprint density at radius 3 is 2.65 bits per heavy atom. The van der Waals surface area contributed by atoms with Crippen molar-refractivity contribution < 1.29 is 10.0 Å². The van der Waals surface area contributed by atoms with Gasteiger partial charge in [0.2, 0.25) is 0 Å². The summed E-state index contributed by atoms with van der Waals surface area (Å²) >= 11 is 0. The first-order valence-corrected chi connectivity index (χ1v) is 5.25. The van der Waals surface area contributed by atoms with Crippen molar-refractivity contribution in [3.63, 3.8) is 0 Å². The Morgan fingerprint density at radius 2 is 2.12 bits per heavy atom. The normalized spacial score (nSPS) is 12.9. The quantitative estimate of drug-likeness (QED) is 0.269. The van der Waals surface area contributed by atoms with Crippen LogP contribution in [0.15, 0.2) is 35.5 Å². The molecule has 1 atom stereocenters. The molecule has 0 spiro atoms. The Morgan fingerprint density at radius 1 is 1.47 bits per heavy atom. The molecule has 0 radical (unpaired) electrons. The zero-order chi connectivity index (χ0) is 12.7. The standard InChI is InChI=1S/C11H16N4O2/c1-2-13-11(16)14-9(10(12)15-17)8-6-4-3-5-7-8/h3-7,9,17H,2H2,1H3,(H2,12,15)(H2,13,14,16). The van der Waals surface area contributed by atoms with E-state index < -0.39 is 6.04 Å². The summed E-state index contributed by atoms with van der Waals surface area (Å²) in [5.41, 5.74) is 6.30. The lowest BCUT2D eigenvalue weighted by Gasteiger charge is -2.17. The summed E-state index contributed by atoms with van der Waals surface area (Å²) in [6.07, 6.45) is 0. The van der Waals surface area contributed by atoms with Crippen LogP contribution < -0.4 is 16.4 Å². The Balaban J connectivity index is 2.86. The number of nitrogens with zero attached hydrogens (tertiary/aromatic N) is 1. The molecule has 0 fully saturated rings. The monoisotopic (exact) mass is 236 g/mol. The van der Waals surface area contributed by atoms with Crippen LogP contribution >= 0.6 is 0 Å². The number of oxime groups is 1. The summed E-state index contributed by atoms with van der Waals surface area (Å²) in [6, 6.07) is 8.03. The van der Waals surface area contributed by atoms with Crippen LogP contribution in [-0.4, -0.2) is 23.6 Å². The number of benzene rings is 1. The largest absolute Gasteiger partial charge is 0.409 e. The molecular formula is C11H16N4O2. The van der Waals surface area contributed by atoms with Gasteiger partial charge < -0.3 is 21.6 Å². The lowest BCUT2D eigenvalue weighted by atomic mass is 10.1. The second-order valence-corrected chi connectivity index (χ2v) is 3.37. The Hall–Kier alpha value is -2.24. The van der Waals surface area contributed by atoms with E-state index in [1.54, 1.807) is 19.1 Å². The highest BCUT2D eigenvalue weighted by atomic mass is 16.4. The van der Waals surface area contributed by atoms with Crippen molar-refractivity contribution in [2.75, 3.05) is 6.54 Å². The highest BCUT2D eigenvalue weighted by molar-refractivity contribution is 5.90. The molecular weight excluding hydrogens is 220 g/mol. The molecule has 1 unspecified atom stereocenters. The molecule has 17 heavy (non-hydrogen) atoms. The Bertz CT molecular complexity index is 392. The highest BCUT2D eigenvalue weighted by Crippen LogP contribution is 2.12. The number of amides is 2. The molecule has 5 N–H and O–H groups in total. The van der Waals surface area contributed by atoms with E-state index >= 15 is 0 Å². The van der Waals surface area contributed by atoms with E-state index in [-0.39, 0.29) is 11.9 Å². The summed E-state index contributed by atoms with van der Waals surface area (Å²) in [7, 11) is 0. The number of hydrogen-bond acceptors (Lipinski definition) is 3. The second-order valence-electron chi connectivity index (χ2n) is 3.37. The first-order valence-electron chi connectivity index (χ1n) is 5.25. The van der Waals surface area contributed by atoms with E-state index in [4.69, 9.17) is 10.9 Å². The maximum absolute atomic E-state index is 11.4. The van der Waals surface area contributed by atoms with Crippen molar-refractivity contribution >= 4 is 11.9 Å². The van der Waals surface area contributed by atoms with E-state index in [0.29, 0.717) is 6.54 Å². The zero-order valence-corrected chi connectivity index (χ0v) is 9.55. The summed E-state index contributed by atoms with van der Waals surface area (Å²) in [5.74, 6) is -0.0672. The van der Waals surface area contributed by atoms with Crippen LogP contribution in [0.3, 0.4) is 0 Å². The first-order chi connectivity index (χ1) is 8.19. The van der Waals surface area contributed by atoms with Crippen molar-refractivity contribution in [1.82, 2.24) is 10.6 Å². The molecule has 0 aliphatic rings. The minimum absolute atomic E-state index is 0.0672.